The Morgan fingerprint density at radius 1 is 1.12 bits per heavy atom. The van der Waals surface area contributed by atoms with Crippen LogP contribution in [0.25, 0.3) is 0 Å². The maximum Gasteiger partial charge on any atom is 0.171 e. The van der Waals surface area contributed by atoms with Gasteiger partial charge in [0.05, 0.1) is 6.04 Å². The van der Waals surface area contributed by atoms with Crippen LogP contribution in [0.2, 0.25) is 0 Å². The summed E-state index contributed by atoms with van der Waals surface area (Å²) >= 11 is 0. The number of nitrogens with one attached hydrogen (secondary N) is 1. The molecule has 1 saturated heterocycles. The van der Waals surface area contributed by atoms with Crippen LogP contribution in [0.5, 0.6) is 0 Å². The number of likely N-dealkylation sites (tertiary alicyclic amines) is 1. The Morgan fingerprint density at radius 3 is 2.19 bits per heavy atom. The van der Waals surface area contributed by atoms with Gasteiger partial charge in [0.2, 0.25) is 0 Å². The summed E-state index contributed by atoms with van der Waals surface area (Å²) in [6.07, 6.45) is 2.53. The fraction of sp³-hybridized carbons (Fsp3) is 1.00. The van der Waals surface area contributed by atoms with Crippen molar-refractivity contribution in [2.75, 3.05) is 33.9 Å². The lowest BCUT2D eigenvalue weighted by molar-refractivity contribution is -0.119. The molecule has 0 bridgehead atoms. The highest BCUT2D eigenvalue weighted by Crippen LogP contribution is 2.11. The van der Waals surface area contributed by atoms with Gasteiger partial charge in [0.25, 0.3) is 0 Å². The maximum atomic E-state index is 5.22. The molecule has 4 nitrogen and oxygen atoms in total. The first-order valence-corrected chi connectivity index (χ1v) is 6.22. The first-order chi connectivity index (χ1) is 7.69. The van der Waals surface area contributed by atoms with Crippen molar-refractivity contribution in [3.8, 4) is 0 Å². The van der Waals surface area contributed by atoms with Crippen molar-refractivity contribution >= 4 is 0 Å². The molecule has 0 aliphatic carbocycles. The second kappa shape index (κ2) is 7.22. The molecule has 4 heteroatoms. The summed E-state index contributed by atoms with van der Waals surface area (Å²) in [6.45, 7) is 7.85. The predicted octanol–water partition coefficient (Wildman–Crippen LogP) is 1.07. The normalized spacial score (nSPS) is 21.6. The maximum absolute atomic E-state index is 5.22. The minimum atomic E-state index is -0.161. The molecule has 1 aliphatic heterocycles. The highest BCUT2D eigenvalue weighted by atomic mass is 16.7. The van der Waals surface area contributed by atoms with Gasteiger partial charge >= 0.3 is 0 Å². The first kappa shape index (κ1) is 13.9. The lowest BCUT2D eigenvalue weighted by Crippen LogP contribution is -2.46. The van der Waals surface area contributed by atoms with Gasteiger partial charge in [-0.3, -0.25) is 4.90 Å². The fourth-order valence-electron chi connectivity index (χ4n) is 2.27. The molecule has 0 aromatic heterocycles. The van der Waals surface area contributed by atoms with E-state index in [0.29, 0.717) is 6.04 Å². The van der Waals surface area contributed by atoms with E-state index >= 15 is 0 Å². The van der Waals surface area contributed by atoms with Gasteiger partial charge in [-0.1, -0.05) is 0 Å². The molecule has 0 amide bonds. The van der Waals surface area contributed by atoms with E-state index in [9.17, 15) is 0 Å². The van der Waals surface area contributed by atoms with Gasteiger partial charge in [0, 0.05) is 26.8 Å². The van der Waals surface area contributed by atoms with Crippen LogP contribution >= 0.6 is 0 Å². The zero-order valence-corrected chi connectivity index (χ0v) is 11.0. The summed E-state index contributed by atoms with van der Waals surface area (Å²) in [5, 5.41) is 3.47. The third-order valence-electron chi connectivity index (χ3n) is 3.37. The zero-order valence-electron chi connectivity index (χ0n) is 11.0. The van der Waals surface area contributed by atoms with Crippen LogP contribution < -0.4 is 5.32 Å². The molecule has 0 aromatic rings. The van der Waals surface area contributed by atoms with Gasteiger partial charge in [-0.05, 0) is 39.8 Å². The zero-order chi connectivity index (χ0) is 12.0. The van der Waals surface area contributed by atoms with Crippen LogP contribution in [-0.2, 0) is 9.47 Å². The summed E-state index contributed by atoms with van der Waals surface area (Å²) in [6, 6.07) is 0.819. The minimum Gasteiger partial charge on any atom is -0.354 e. The van der Waals surface area contributed by atoms with E-state index in [-0.39, 0.29) is 12.3 Å². The molecule has 2 atom stereocenters. The highest BCUT2D eigenvalue weighted by Gasteiger charge is 2.20. The Hall–Kier alpha value is -0.160. The summed E-state index contributed by atoms with van der Waals surface area (Å²) in [5.41, 5.74) is 0. The van der Waals surface area contributed by atoms with Crippen LogP contribution in [0.1, 0.15) is 26.7 Å². The Balaban J connectivity index is 2.21. The quantitative estimate of drug-likeness (QED) is 0.663. The van der Waals surface area contributed by atoms with Crippen molar-refractivity contribution in [2.45, 2.75) is 45.1 Å². The molecule has 2 unspecified atom stereocenters. The fourth-order valence-corrected chi connectivity index (χ4v) is 2.27. The summed E-state index contributed by atoms with van der Waals surface area (Å²) in [4.78, 5) is 2.54. The van der Waals surface area contributed by atoms with Crippen LogP contribution in [-0.4, -0.2) is 57.1 Å². The molecule has 1 fully saturated rings. The van der Waals surface area contributed by atoms with Gasteiger partial charge in [-0.25, -0.2) is 0 Å². The summed E-state index contributed by atoms with van der Waals surface area (Å²) < 4.78 is 10.4. The van der Waals surface area contributed by atoms with Crippen molar-refractivity contribution in [3.05, 3.63) is 0 Å². The van der Waals surface area contributed by atoms with Crippen molar-refractivity contribution in [1.82, 2.24) is 10.2 Å². The number of hydrogen-bond donors (Lipinski definition) is 1. The molecule has 0 saturated carbocycles. The van der Waals surface area contributed by atoms with Crippen molar-refractivity contribution in [3.63, 3.8) is 0 Å². The molecule has 0 radical (unpaired) electrons. The standard InChI is InChI=1S/C12H26N2O2/c1-10(14-7-5-6-8-14)9-13-11(2)12(15-3)16-4/h10-13H,5-9H2,1-4H3. The SMILES string of the molecule is COC(OC)C(C)NCC(C)N1CCCC1. The van der Waals surface area contributed by atoms with E-state index in [1.165, 1.54) is 25.9 Å². The average molecular weight is 230 g/mol. The molecule has 1 rings (SSSR count). The highest BCUT2D eigenvalue weighted by molar-refractivity contribution is 4.76. The van der Waals surface area contributed by atoms with Gasteiger partial charge in [0.15, 0.2) is 6.29 Å². The van der Waals surface area contributed by atoms with E-state index in [0.717, 1.165) is 6.54 Å². The average Bonchev–Trinajstić information content (AvgIpc) is 2.81. The third kappa shape index (κ3) is 4.01. The van der Waals surface area contributed by atoms with Crippen molar-refractivity contribution in [2.24, 2.45) is 0 Å². The van der Waals surface area contributed by atoms with E-state index in [2.05, 4.69) is 24.1 Å². The number of rotatable bonds is 7. The third-order valence-corrected chi connectivity index (χ3v) is 3.37. The minimum absolute atomic E-state index is 0.161. The largest absolute Gasteiger partial charge is 0.354 e. The van der Waals surface area contributed by atoms with E-state index in [4.69, 9.17) is 9.47 Å². The second-order valence-corrected chi connectivity index (χ2v) is 4.63. The Kier molecular flexibility index (Phi) is 6.28. The molecule has 0 aromatic carbocycles. The molecule has 1 N–H and O–H groups in total. The first-order valence-electron chi connectivity index (χ1n) is 6.22. The predicted molar refractivity (Wildman–Crippen MR) is 65.5 cm³/mol. The Morgan fingerprint density at radius 2 is 1.69 bits per heavy atom. The van der Waals surface area contributed by atoms with Crippen molar-refractivity contribution < 1.29 is 9.47 Å². The lowest BCUT2D eigenvalue weighted by Gasteiger charge is -2.28. The molecule has 1 heterocycles. The molecular weight excluding hydrogens is 204 g/mol. The second-order valence-electron chi connectivity index (χ2n) is 4.63. The van der Waals surface area contributed by atoms with Crippen LogP contribution in [0.3, 0.4) is 0 Å². The van der Waals surface area contributed by atoms with E-state index in [1.807, 2.05) is 0 Å². The van der Waals surface area contributed by atoms with Gasteiger partial charge < -0.3 is 14.8 Å². The van der Waals surface area contributed by atoms with E-state index < -0.39 is 0 Å². The monoisotopic (exact) mass is 230 g/mol. The van der Waals surface area contributed by atoms with Gasteiger partial charge in [-0.2, -0.15) is 0 Å². The van der Waals surface area contributed by atoms with Crippen LogP contribution in [0.15, 0.2) is 0 Å². The number of hydrogen-bond acceptors (Lipinski definition) is 4. The topological polar surface area (TPSA) is 33.7 Å². The lowest BCUT2D eigenvalue weighted by atomic mass is 10.2. The molecule has 16 heavy (non-hydrogen) atoms. The number of ether oxygens (including phenoxy) is 2. The number of nitrogens with zero attached hydrogens (tertiary/aromatic N) is 1. The van der Waals surface area contributed by atoms with Crippen molar-refractivity contribution in [1.29, 1.82) is 0 Å². The molecule has 96 valence electrons. The number of methoxy groups -OCH3 is 2. The van der Waals surface area contributed by atoms with E-state index in [1.54, 1.807) is 14.2 Å². The molecule has 0 spiro atoms. The Bertz CT molecular complexity index is 172. The van der Waals surface area contributed by atoms with Crippen LogP contribution in [0.4, 0.5) is 0 Å². The molecule has 1 aliphatic rings. The summed E-state index contributed by atoms with van der Waals surface area (Å²) in [7, 11) is 3.35. The Labute approximate surface area is 99.3 Å². The van der Waals surface area contributed by atoms with Gasteiger partial charge in [-0.15, -0.1) is 0 Å². The summed E-state index contributed by atoms with van der Waals surface area (Å²) in [5.74, 6) is 0. The van der Waals surface area contributed by atoms with Gasteiger partial charge in [0.1, 0.15) is 0 Å². The van der Waals surface area contributed by atoms with Crippen LogP contribution in [0, 0.1) is 0 Å². The molecular formula is C12H26N2O2. The smallest absolute Gasteiger partial charge is 0.171 e.